The number of amides is 1. The van der Waals surface area contributed by atoms with Crippen LogP contribution in [-0.4, -0.2) is 21.8 Å². The van der Waals surface area contributed by atoms with Crippen LogP contribution in [0.3, 0.4) is 0 Å². The molecule has 2 aliphatic carbocycles. The maximum atomic E-state index is 13.3. The molecular formula is C22H22N2O2S. The molecule has 2 heterocycles. The van der Waals surface area contributed by atoms with Gasteiger partial charge in [0, 0.05) is 6.04 Å². The second-order valence-corrected chi connectivity index (χ2v) is 8.41. The van der Waals surface area contributed by atoms with Gasteiger partial charge in [-0.1, -0.05) is 30.3 Å². The largest absolute Gasteiger partial charge is 0.440 e. The molecule has 1 aromatic carbocycles. The van der Waals surface area contributed by atoms with E-state index in [0.717, 1.165) is 42.0 Å². The molecule has 2 aliphatic rings. The number of oxazole rings is 1. The monoisotopic (exact) mass is 378 g/mol. The number of nitrogens with zero attached hydrogens (tertiary/aromatic N) is 2. The molecule has 1 atom stereocenters. The number of aromatic nitrogens is 1. The van der Waals surface area contributed by atoms with E-state index >= 15 is 0 Å². The number of fused-ring (bicyclic) bond motifs is 1. The van der Waals surface area contributed by atoms with E-state index in [1.165, 1.54) is 11.1 Å². The quantitative estimate of drug-likeness (QED) is 0.632. The Morgan fingerprint density at radius 1 is 1.22 bits per heavy atom. The minimum absolute atomic E-state index is 0.174. The highest BCUT2D eigenvalue weighted by Crippen LogP contribution is 2.42. The first-order valence-corrected chi connectivity index (χ1v) is 10.5. The lowest BCUT2D eigenvalue weighted by atomic mass is 10.1. The van der Waals surface area contributed by atoms with Crippen molar-refractivity contribution in [2.45, 2.75) is 51.1 Å². The predicted octanol–water partition coefficient (Wildman–Crippen LogP) is 4.93. The Bertz CT molecular complexity index is 972. The topological polar surface area (TPSA) is 46.3 Å². The minimum Gasteiger partial charge on any atom is -0.440 e. The van der Waals surface area contributed by atoms with E-state index < -0.39 is 0 Å². The highest BCUT2D eigenvalue weighted by molar-refractivity contribution is 7.13. The van der Waals surface area contributed by atoms with Gasteiger partial charge >= 0.3 is 0 Å². The van der Waals surface area contributed by atoms with Crippen molar-refractivity contribution in [3.05, 3.63) is 64.4 Å². The molecule has 0 saturated heterocycles. The Hall–Kier alpha value is -2.40. The van der Waals surface area contributed by atoms with Crippen LogP contribution in [0, 0.1) is 6.92 Å². The van der Waals surface area contributed by atoms with E-state index in [0.29, 0.717) is 18.4 Å². The van der Waals surface area contributed by atoms with Crippen molar-refractivity contribution >= 4 is 17.2 Å². The molecule has 0 aliphatic heterocycles. The van der Waals surface area contributed by atoms with Crippen LogP contribution in [0.25, 0.3) is 10.8 Å². The fourth-order valence-corrected chi connectivity index (χ4v) is 4.79. The van der Waals surface area contributed by atoms with Crippen LogP contribution >= 0.6 is 11.3 Å². The summed E-state index contributed by atoms with van der Waals surface area (Å²) in [7, 11) is 0. The molecule has 5 rings (SSSR count). The van der Waals surface area contributed by atoms with Crippen molar-refractivity contribution < 1.29 is 9.21 Å². The normalized spacial score (nSPS) is 18.5. The fraction of sp³-hybridized carbons (Fsp3) is 0.364. The van der Waals surface area contributed by atoms with Crippen molar-refractivity contribution in [3.63, 3.8) is 0 Å². The second kappa shape index (κ2) is 6.64. The lowest BCUT2D eigenvalue weighted by molar-refractivity contribution is -0.133. The third kappa shape index (κ3) is 3.10. The van der Waals surface area contributed by atoms with Gasteiger partial charge in [-0.25, -0.2) is 4.98 Å². The highest BCUT2D eigenvalue weighted by Gasteiger charge is 2.40. The highest BCUT2D eigenvalue weighted by atomic mass is 32.1. The van der Waals surface area contributed by atoms with Crippen molar-refractivity contribution in [3.8, 4) is 10.8 Å². The van der Waals surface area contributed by atoms with Gasteiger partial charge in [0.15, 0.2) is 0 Å². The van der Waals surface area contributed by atoms with Crippen LogP contribution in [0.15, 0.2) is 46.2 Å². The zero-order valence-electron chi connectivity index (χ0n) is 15.4. The molecule has 0 bridgehead atoms. The molecule has 5 heteroatoms. The van der Waals surface area contributed by atoms with Crippen molar-refractivity contribution in [1.82, 2.24) is 9.88 Å². The van der Waals surface area contributed by atoms with Gasteiger partial charge in [-0.05, 0) is 55.2 Å². The van der Waals surface area contributed by atoms with Gasteiger partial charge in [0.05, 0.1) is 23.0 Å². The Kier molecular flexibility index (Phi) is 4.12. The summed E-state index contributed by atoms with van der Waals surface area (Å²) < 4.78 is 5.83. The zero-order chi connectivity index (χ0) is 18.4. The summed E-state index contributed by atoms with van der Waals surface area (Å²) in [6.45, 7) is 1.90. The summed E-state index contributed by atoms with van der Waals surface area (Å²) in [6, 6.07) is 13.1. The van der Waals surface area contributed by atoms with Crippen LogP contribution in [-0.2, 0) is 17.6 Å². The van der Waals surface area contributed by atoms with Gasteiger partial charge in [0.2, 0.25) is 11.8 Å². The van der Waals surface area contributed by atoms with Gasteiger partial charge in [0.25, 0.3) is 0 Å². The predicted molar refractivity (Wildman–Crippen MR) is 106 cm³/mol. The zero-order valence-corrected chi connectivity index (χ0v) is 16.2. The number of rotatable bonds is 5. The molecule has 1 saturated carbocycles. The van der Waals surface area contributed by atoms with Crippen LogP contribution in [0.4, 0.5) is 0 Å². The SMILES string of the molecule is Cc1oc(-c2cccs2)nc1CC(=O)N(C1CC1)C1CCc2ccccc21. The molecule has 2 aromatic heterocycles. The molecule has 1 amide bonds. The van der Waals surface area contributed by atoms with E-state index in [2.05, 4.69) is 34.1 Å². The third-order valence-corrected chi connectivity index (χ3v) is 6.47. The molecule has 4 nitrogen and oxygen atoms in total. The molecule has 27 heavy (non-hydrogen) atoms. The van der Waals surface area contributed by atoms with Gasteiger partial charge < -0.3 is 9.32 Å². The lowest BCUT2D eigenvalue weighted by Crippen LogP contribution is -2.37. The maximum Gasteiger partial charge on any atom is 0.236 e. The Labute approximate surface area is 162 Å². The van der Waals surface area contributed by atoms with E-state index in [1.807, 2.05) is 24.4 Å². The number of hydrogen-bond acceptors (Lipinski definition) is 4. The Balaban J connectivity index is 1.40. The van der Waals surface area contributed by atoms with Crippen LogP contribution in [0.5, 0.6) is 0 Å². The van der Waals surface area contributed by atoms with E-state index in [-0.39, 0.29) is 11.9 Å². The van der Waals surface area contributed by atoms with Crippen molar-refractivity contribution in [2.75, 3.05) is 0 Å². The molecule has 0 N–H and O–H groups in total. The number of hydrogen-bond donors (Lipinski definition) is 0. The number of carbonyl (C=O) groups is 1. The van der Waals surface area contributed by atoms with Gasteiger partial charge in [-0.2, -0.15) is 0 Å². The van der Waals surface area contributed by atoms with Crippen molar-refractivity contribution in [2.24, 2.45) is 0 Å². The Morgan fingerprint density at radius 3 is 2.85 bits per heavy atom. The first-order valence-electron chi connectivity index (χ1n) is 9.60. The lowest BCUT2D eigenvalue weighted by Gasteiger charge is -2.30. The van der Waals surface area contributed by atoms with E-state index in [4.69, 9.17) is 4.42 Å². The summed E-state index contributed by atoms with van der Waals surface area (Å²) >= 11 is 1.60. The molecule has 3 aromatic rings. The average Bonchev–Trinajstić information content (AvgIpc) is 3.07. The molecule has 1 unspecified atom stereocenters. The third-order valence-electron chi connectivity index (χ3n) is 5.61. The first-order chi connectivity index (χ1) is 13.2. The maximum absolute atomic E-state index is 13.3. The number of thiophene rings is 1. The summed E-state index contributed by atoms with van der Waals surface area (Å²) in [5.74, 6) is 1.54. The first kappa shape index (κ1) is 16.8. The van der Waals surface area contributed by atoms with Crippen LogP contribution in [0.2, 0.25) is 0 Å². The van der Waals surface area contributed by atoms with E-state index in [1.54, 1.807) is 11.3 Å². The molecule has 0 spiro atoms. The fourth-order valence-electron chi connectivity index (χ4n) is 4.14. The average molecular weight is 378 g/mol. The summed E-state index contributed by atoms with van der Waals surface area (Å²) in [5.41, 5.74) is 3.48. The second-order valence-electron chi connectivity index (χ2n) is 7.46. The Morgan fingerprint density at radius 2 is 2.07 bits per heavy atom. The van der Waals surface area contributed by atoms with Crippen LogP contribution < -0.4 is 0 Å². The van der Waals surface area contributed by atoms with E-state index in [9.17, 15) is 4.79 Å². The van der Waals surface area contributed by atoms with Gasteiger partial charge in [0.1, 0.15) is 5.76 Å². The smallest absolute Gasteiger partial charge is 0.236 e. The number of benzene rings is 1. The number of aryl methyl sites for hydroxylation is 2. The van der Waals surface area contributed by atoms with Gasteiger partial charge in [-0.15, -0.1) is 11.3 Å². The van der Waals surface area contributed by atoms with Crippen LogP contribution in [0.1, 0.15) is 47.9 Å². The summed E-state index contributed by atoms with van der Waals surface area (Å²) in [4.78, 5) is 21.1. The number of carbonyl (C=O) groups excluding carboxylic acids is 1. The molecule has 0 radical (unpaired) electrons. The van der Waals surface area contributed by atoms with Crippen molar-refractivity contribution in [1.29, 1.82) is 0 Å². The minimum atomic E-state index is 0.174. The molecule has 138 valence electrons. The summed E-state index contributed by atoms with van der Waals surface area (Å²) in [6.07, 6.45) is 4.63. The van der Waals surface area contributed by atoms with Gasteiger partial charge in [-0.3, -0.25) is 4.79 Å². The molecule has 1 fully saturated rings. The summed E-state index contributed by atoms with van der Waals surface area (Å²) in [5, 5.41) is 2.01. The standard InChI is InChI=1S/C22H22N2O2S/c1-14-18(23-22(26-14)20-7-4-12-27-20)13-21(25)24(16-9-10-16)19-11-8-15-5-2-3-6-17(15)19/h2-7,12,16,19H,8-11,13H2,1H3. The molecular weight excluding hydrogens is 356 g/mol.